The van der Waals surface area contributed by atoms with Gasteiger partial charge in [-0.25, -0.2) is 0 Å². The number of rotatable bonds is 7. The van der Waals surface area contributed by atoms with Crippen molar-refractivity contribution in [1.82, 2.24) is 0 Å². The smallest absolute Gasteiger partial charge is 0.143 e. The van der Waals surface area contributed by atoms with Crippen LogP contribution in [-0.2, 0) is 13.0 Å². The van der Waals surface area contributed by atoms with E-state index in [2.05, 4.69) is 43.1 Å². The monoisotopic (exact) mass is 335 g/mol. The number of benzene rings is 2. The van der Waals surface area contributed by atoms with Gasteiger partial charge in [0.15, 0.2) is 0 Å². The summed E-state index contributed by atoms with van der Waals surface area (Å²) in [5.74, 6) is 0.642. The SMILES string of the molecule is C=CCOc1c(Cl)cc(Cl)cc1CNc1ccc(CC)cc1. The quantitative estimate of drug-likeness (QED) is 0.652. The van der Waals surface area contributed by atoms with Gasteiger partial charge >= 0.3 is 0 Å². The first-order chi connectivity index (χ1) is 10.6. The van der Waals surface area contributed by atoms with Gasteiger partial charge in [0.25, 0.3) is 0 Å². The van der Waals surface area contributed by atoms with Gasteiger partial charge < -0.3 is 10.1 Å². The lowest BCUT2D eigenvalue weighted by Crippen LogP contribution is -2.04. The van der Waals surface area contributed by atoms with E-state index in [4.69, 9.17) is 27.9 Å². The lowest BCUT2D eigenvalue weighted by molar-refractivity contribution is 0.360. The maximum Gasteiger partial charge on any atom is 0.143 e. The lowest BCUT2D eigenvalue weighted by Gasteiger charge is -2.14. The first-order valence-electron chi connectivity index (χ1n) is 7.18. The molecule has 0 heterocycles. The summed E-state index contributed by atoms with van der Waals surface area (Å²) in [6.07, 6.45) is 2.72. The van der Waals surface area contributed by atoms with Gasteiger partial charge in [-0.05, 0) is 36.2 Å². The molecular weight excluding hydrogens is 317 g/mol. The summed E-state index contributed by atoms with van der Waals surface area (Å²) in [5, 5.41) is 4.46. The normalized spacial score (nSPS) is 10.3. The Morgan fingerprint density at radius 2 is 1.91 bits per heavy atom. The van der Waals surface area contributed by atoms with Gasteiger partial charge in [-0.3, -0.25) is 0 Å². The summed E-state index contributed by atoms with van der Waals surface area (Å²) in [6.45, 7) is 6.78. The van der Waals surface area contributed by atoms with E-state index >= 15 is 0 Å². The third kappa shape index (κ3) is 4.43. The predicted molar refractivity (Wildman–Crippen MR) is 95.3 cm³/mol. The van der Waals surface area contributed by atoms with E-state index in [1.54, 1.807) is 12.1 Å². The molecule has 0 aliphatic rings. The summed E-state index contributed by atoms with van der Waals surface area (Å²) in [4.78, 5) is 0. The molecule has 0 aliphatic heterocycles. The molecule has 0 saturated carbocycles. The van der Waals surface area contributed by atoms with Crippen molar-refractivity contribution in [3.63, 3.8) is 0 Å². The molecular formula is C18H19Cl2NO. The highest BCUT2D eigenvalue weighted by Crippen LogP contribution is 2.33. The minimum absolute atomic E-state index is 0.402. The minimum Gasteiger partial charge on any atom is -0.488 e. The Morgan fingerprint density at radius 3 is 2.55 bits per heavy atom. The van der Waals surface area contributed by atoms with E-state index in [0.29, 0.717) is 28.9 Å². The Kier molecular flexibility index (Phi) is 6.17. The van der Waals surface area contributed by atoms with E-state index in [-0.39, 0.29) is 0 Å². The topological polar surface area (TPSA) is 21.3 Å². The molecule has 0 saturated heterocycles. The molecule has 116 valence electrons. The maximum absolute atomic E-state index is 6.22. The lowest BCUT2D eigenvalue weighted by atomic mass is 10.1. The summed E-state index contributed by atoms with van der Waals surface area (Å²) >= 11 is 12.3. The number of halogens is 2. The molecule has 0 aliphatic carbocycles. The second kappa shape index (κ2) is 8.11. The van der Waals surface area contributed by atoms with Gasteiger partial charge in [-0.1, -0.05) is 54.9 Å². The van der Waals surface area contributed by atoms with Crippen molar-refractivity contribution in [2.24, 2.45) is 0 Å². The molecule has 0 atom stereocenters. The van der Waals surface area contributed by atoms with Crippen molar-refractivity contribution in [1.29, 1.82) is 0 Å². The minimum atomic E-state index is 0.402. The van der Waals surface area contributed by atoms with Crippen LogP contribution in [0.3, 0.4) is 0 Å². The van der Waals surface area contributed by atoms with E-state index in [1.807, 2.05) is 6.07 Å². The number of nitrogens with one attached hydrogen (secondary N) is 1. The Hall–Kier alpha value is -1.64. The summed E-state index contributed by atoms with van der Waals surface area (Å²) in [6, 6.07) is 11.9. The van der Waals surface area contributed by atoms with Crippen molar-refractivity contribution in [3.8, 4) is 5.75 Å². The molecule has 4 heteroatoms. The van der Waals surface area contributed by atoms with Crippen LogP contribution in [0.2, 0.25) is 10.0 Å². The number of anilines is 1. The van der Waals surface area contributed by atoms with E-state index in [9.17, 15) is 0 Å². The van der Waals surface area contributed by atoms with Crippen LogP contribution in [0.15, 0.2) is 49.1 Å². The van der Waals surface area contributed by atoms with Crippen molar-refractivity contribution in [3.05, 3.63) is 70.2 Å². The summed E-state index contributed by atoms with van der Waals surface area (Å²) < 4.78 is 5.65. The molecule has 0 unspecified atom stereocenters. The van der Waals surface area contributed by atoms with Gasteiger partial charge in [0.2, 0.25) is 0 Å². The number of hydrogen-bond acceptors (Lipinski definition) is 2. The van der Waals surface area contributed by atoms with E-state index in [0.717, 1.165) is 17.7 Å². The second-order valence-electron chi connectivity index (χ2n) is 4.88. The Morgan fingerprint density at radius 1 is 1.18 bits per heavy atom. The zero-order valence-electron chi connectivity index (χ0n) is 12.5. The third-order valence-electron chi connectivity index (χ3n) is 3.28. The molecule has 0 amide bonds. The first-order valence-corrected chi connectivity index (χ1v) is 7.94. The molecule has 2 aromatic carbocycles. The summed E-state index contributed by atoms with van der Waals surface area (Å²) in [7, 11) is 0. The predicted octanol–water partition coefficient (Wildman–Crippen LogP) is 5.73. The number of aryl methyl sites for hydroxylation is 1. The van der Waals surface area contributed by atoms with Gasteiger partial charge in [-0.15, -0.1) is 0 Å². The standard InChI is InChI=1S/C18H19Cl2NO/c1-3-9-22-18-14(10-15(19)11-17(18)20)12-21-16-7-5-13(4-2)6-8-16/h3,5-8,10-11,21H,1,4,9,12H2,2H3. The van der Waals surface area contributed by atoms with Crippen LogP contribution in [0.5, 0.6) is 5.75 Å². The van der Waals surface area contributed by atoms with Crippen molar-refractivity contribution in [2.75, 3.05) is 11.9 Å². The van der Waals surface area contributed by atoms with Crippen LogP contribution in [-0.4, -0.2) is 6.61 Å². The zero-order chi connectivity index (χ0) is 15.9. The largest absolute Gasteiger partial charge is 0.488 e. The molecule has 2 nitrogen and oxygen atoms in total. The van der Waals surface area contributed by atoms with Crippen molar-refractivity contribution < 1.29 is 4.74 Å². The molecule has 0 spiro atoms. The Bertz CT molecular complexity index is 638. The number of hydrogen-bond donors (Lipinski definition) is 1. The molecule has 0 bridgehead atoms. The van der Waals surface area contributed by atoms with Crippen LogP contribution in [0.4, 0.5) is 5.69 Å². The fraction of sp³-hybridized carbons (Fsp3) is 0.222. The van der Waals surface area contributed by atoms with E-state index in [1.165, 1.54) is 5.56 Å². The highest BCUT2D eigenvalue weighted by molar-refractivity contribution is 6.35. The summed E-state index contributed by atoms with van der Waals surface area (Å²) in [5.41, 5.74) is 3.27. The van der Waals surface area contributed by atoms with Gasteiger partial charge in [0.1, 0.15) is 12.4 Å². The fourth-order valence-electron chi connectivity index (χ4n) is 2.10. The molecule has 0 fully saturated rings. The van der Waals surface area contributed by atoms with E-state index < -0.39 is 0 Å². The van der Waals surface area contributed by atoms with Crippen LogP contribution < -0.4 is 10.1 Å². The molecule has 1 N–H and O–H groups in total. The highest BCUT2D eigenvalue weighted by atomic mass is 35.5. The molecule has 0 aromatic heterocycles. The Labute approximate surface area is 141 Å². The molecule has 2 rings (SSSR count). The van der Waals surface area contributed by atoms with Crippen molar-refractivity contribution in [2.45, 2.75) is 19.9 Å². The maximum atomic E-state index is 6.22. The fourth-order valence-corrected chi connectivity index (χ4v) is 2.69. The Balaban J connectivity index is 2.14. The highest BCUT2D eigenvalue weighted by Gasteiger charge is 2.10. The van der Waals surface area contributed by atoms with Gasteiger partial charge in [-0.2, -0.15) is 0 Å². The third-order valence-corrected chi connectivity index (χ3v) is 3.77. The van der Waals surface area contributed by atoms with Crippen LogP contribution in [0, 0.1) is 0 Å². The average Bonchev–Trinajstić information content (AvgIpc) is 2.52. The second-order valence-corrected chi connectivity index (χ2v) is 5.72. The first kappa shape index (κ1) is 16.7. The molecule has 0 radical (unpaired) electrons. The van der Waals surface area contributed by atoms with Crippen LogP contribution >= 0.6 is 23.2 Å². The molecule has 2 aromatic rings. The molecule has 22 heavy (non-hydrogen) atoms. The zero-order valence-corrected chi connectivity index (χ0v) is 14.0. The van der Waals surface area contributed by atoms with Gasteiger partial charge in [0.05, 0.1) is 5.02 Å². The van der Waals surface area contributed by atoms with Crippen LogP contribution in [0.1, 0.15) is 18.1 Å². The van der Waals surface area contributed by atoms with Gasteiger partial charge in [0, 0.05) is 22.8 Å². The average molecular weight is 336 g/mol. The van der Waals surface area contributed by atoms with Crippen LogP contribution in [0.25, 0.3) is 0 Å². The van der Waals surface area contributed by atoms with Crippen molar-refractivity contribution >= 4 is 28.9 Å². The number of ether oxygens (including phenoxy) is 1.